The van der Waals surface area contributed by atoms with Crippen molar-refractivity contribution in [1.29, 1.82) is 0 Å². The molecule has 2 aromatic heterocycles. The molecular formula is C12H16N6O2S. The summed E-state index contributed by atoms with van der Waals surface area (Å²) in [4.78, 5) is 0. The zero-order chi connectivity index (χ0) is 14.7. The molecule has 0 spiro atoms. The van der Waals surface area contributed by atoms with Crippen LogP contribution in [0.4, 0.5) is 0 Å². The molecule has 1 aliphatic carbocycles. The molecule has 8 nitrogen and oxygen atoms in total. The van der Waals surface area contributed by atoms with E-state index in [9.17, 15) is 8.42 Å². The summed E-state index contributed by atoms with van der Waals surface area (Å²) in [5, 5.41) is 17.3. The third-order valence-electron chi connectivity index (χ3n) is 3.18. The molecular weight excluding hydrogens is 292 g/mol. The normalized spacial score (nSPS) is 15.2. The van der Waals surface area contributed by atoms with Gasteiger partial charge in [0.25, 0.3) is 10.0 Å². The van der Waals surface area contributed by atoms with Crippen molar-refractivity contribution in [3.63, 3.8) is 0 Å². The third kappa shape index (κ3) is 3.63. The molecule has 0 saturated heterocycles. The van der Waals surface area contributed by atoms with Crippen molar-refractivity contribution < 1.29 is 8.42 Å². The maximum atomic E-state index is 12.3. The van der Waals surface area contributed by atoms with Gasteiger partial charge in [-0.2, -0.15) is 15.3 Å². The Kier molecular flexibility index (Phi) is 3.95. The zero-order valence-electron chi connectivity index (χ0n) is 11.3. The van der Waals surface area contributed by atoms with Crippen LogP contribution in [0.2, 0.25) is 0 Å². The Bertz CT molecular complexity index is 696. The molecule has 0 aliphatic heterocycles. The largest absolute Gasteiger partial charge is 0.310 e. The number of sulfonamides is 1. The Hall–Kier alpha value is -1.84. The molecule has 1 saturated carbocycles. The van der Waals surface area contributed by atoms with E-state index in [4.69, 9.17) is 0 Å². The highest BCUT2D eigenvalue weighted by atomic mass is 32.2. The van der Waals surface area contributed by atoms with E-state index in [0.29, 0.717) is 23.8 Å². The molecule has 1 fully saturated rings. The highest BCUT2D eigenvalue weighted by molar-refractivity contribution is 7.89. The molecule has 0 radical (unpaired) electrons. The van der Waals surface area contributed by atoms with E-state index in [-0.39, 0.29) is 11.6 Å². The molecule has 21 heavy (non-hydrogen) atoms. The second-order valence-corrected chi connectivity index (χ2v) is 6.62. The van der Waals surface area contributed by atoms with Crippen LogP contribution in [0.5, 0.6) is 0 Å². The maximum absolute atomic E-state index is 12.3. The van der Waals surface area contributed by atoms with Crippen LogP contribution in [0.1, 0.15) is 24.1 Å². The van der Waals surface area contributed by atoms with Crippen molar-refractivity contribution in [2.45, 2.75) is 37.0 Å². The number of aromatic amines is 1. The third-order valence-corrected chi connectivity index (χ3v) is 4.59. The molecule has 1 aliphatic rings. The second kappa shape index (κ2) is 5.88. The van der Waals surface area contributed by atoms with Crippen LogP contribution in [0, 0.1) is 0 Å². The number of hydrogen-bond donors (Lipinski definition) is 3. The Labute approximate surface area is 122 Å². The summed E-state index contributed by atoms with van der Waals surface area (Å²) in [5.74, 6) is 0. The van der Waals surface area contributed by atoms with Gasteiger partial charge in [0.15, 0.2) is 5.03 Å². The van der Waals surface area contributed by atoms with Gasteiger partial charge in [-0.05, 0) is 25.0 Å². The number of aromatic nitrogens is 4. The Morgan fingerprint density at radius 2 is 2.19 bits per heavy atom. The van der Waals surface area contributed by atoms with E-state index in [1.54, 1.807) is 12.1 Å². The summed E-state index contributed by atoms with van der Waals surface area (Å²) in [7, 11) is -3.65. The van der Waals surface area contributed by atoms with Gasteiger partial charge >= 0.3 is 0 Å². The van der Waals surface area contributed by atoms with Gasteiger partial charge < -0.3 is 5.32 Å². The van der Waals surface area contributed by atoms with Crippen molar-refractivity contribution in [3.05, 3.63) is 35.8 Å². The lowest BCUT2D eigenvalue weighted by Gasteiger charge is -2.07. The van der Waals surface area contributed by atoms with Crippen LogP contribution in [-0.2, 0) is 23.1 Å². The highest BCUT2D eigenvalue weighted by Gasteiger charge is 2.24. The summed E-state index contributed by atoms with van der Waals surface area (Å²) in [6, 6.07) is 3.92. The maximum Gasteiger partial charge on any atom is 0.258 e. The van der Waals surface area contributed by atoms with Gasteiger partial charge in [-0.25, -0.2) is 13.1 Å². The topological polar surface area (TPSA) is 113 Å². The second-order valence-electron chi connectivity index (χ2n) is 4.92. The van der Waals surface area contributed by atoms with Crippen LogP contribution in [0.3, 0.4) is 0 Å². The molecule has 9 heteroatoms. The molecule has 3 rings (SSSR count). The number of nitrogens with zero attached hydrogens (tertiary/aromatic N) is 3. The minimum Gasteiger partial charge on any atom is -0.310 e. The molecule has 112 valence electrons. The van der Waals surface area contributed by atoms with Gasteiger partial charge in [-0.1, -0.05) is 0 Å². The average Bonchev–Trinajstić information content (AvgIpc) is 3.20. The lowest BCUT2D eigenvalue weighted by atomic mass is 10.3. The molecule has 2 heterocycles. The Balaban J connectivity index is 1.67. The van der Waals surface area contributed by atoms with Gasteiger partial charge in [0.1, 0.15) is 0 Å². The SMILES string of the molecule is O=S(=O)(NCc1cccnn1)c1[nH]ncc1CNC1CC1. The fourth-order valence-corrected chi connectivity index (χ4v) is 2.99. The molecule has 2 aromatic rings. The van der Waals surface area contributed by atoms with Crippen LogP contribution < -0.4 is 10.0 Å². The first-order valence-electron chi connectivity index (χ1n) is 6.67. The van der Waals surface area contributed by atoms with Gasteiger partial charge in [-0.15, -0.1) is 0 Å². The van der Waals surface area contributed by atoms with E-state index in [1.165, 1.54) is 12.4 Å². The van der Waals surface area contributed by atoms with Crippen LogP contribution in [-0.4, -0.2) is 34.9 Å². The summed E-state index contributed by atoms with van der Waals surface area (Å²) < 4.78 is 27.1. The van der Waals surface area contributed by atoms with Gasteiger partial charge in [-0.3, -0.25) is 5.10 Å². The number of hydrogen-bond acceptors (Lipinski definition) is 6. The lowest BCUT2D eigenvalue weighted by molar-refractivity contribution is 0.572. The minimum atomic E-state index is -3.65. The first kappa shape index (κ1) is 14.1. The Morgan fingerprint density at radius 3 is 2.90 bits per heavy atom. The standard InChI is InChI=1S/C12H16N6O2S/c19-21(20,16-8-11-2-1-5-14-17-11)12-9(7-15-18-12)6-13-10-3-4-10/h1-2,5,7,10,13,16H,3-4,6,8H2,(H,15,18). The zero-order valence-corrected chi connectivity index (χ0v) is 12.1. The smallest absolute Gasteiger partial charge is 0.258 e. The van der Waals surface area contributed by atoms with E-state index in [2.05, 4.69) is 30.4 Å². The fourth-order valence-electron chi connectivity index (χ4n) is 1.87. The van der Waals surface area contributed by atoms with Crippen molar-refractivity contribution in [2.24, 2.45) is 0 Å². The molecule has 0 amide bonds. The van der Waals surface area contributed by atoms with Crippen LogP contribution >= 0.6 is 0 Å². The molecule has 0 atom stereocenters. The van der Waals surface area contributed by atoms with Crippen molar-refractivity contribution in [2.75, 3.05) is 0 Å². The monoisotopic (exact) mass is 308 g/mol. The summed E-state index contributed by atoms with van der Waals surface area (Å²) >= 11 is 0. The van der Waals surface area contributed by atoms with Gasteiger partial charge in [0, 0.05) is 24.3 Å². The average molecular weight is 308 g/mol. The first-order valence-corrected chi connectivity index (χ1v) is 8.15. The fraction of sp³-hybridized carbons (Fsp3) is 0.417. The van der Waals surface area contributed by atoms with Crippen LogP contribution in [0.25, 0.3) is 0 Å². The Morgan fingerprint density at radius 1 is 1.33 bits per heavy atom. The molecule has 0 unspecified atom stereocenters. The lowest BCUT2D eigenvalue weighted by Crippen LogP contribution is -2.26. The predicted molar refractivity (Wildman–Crippen MR) is 74.5 cm³/mol. The van der Waals surface area contributed by atoms with E-state index >= 15 is 0 Å². The number of nitrogens with one attached hydrogen (secondary N) is 3. The summed E-state index contributed by atoms with van der Waals surface area (Å²) in [6.07, 6.45) is 5.36. The van der Waals surface area contributed by atoms with E-state index < -0.39 is 10.0 Å². The molecule has 3 N–H and O–H groups in total. The highest BCUT2D eigenvalue weighted by Crippen LogP contribution is 2.20. The van der Waals surface area contributed by atoms with Gasteiger partial charge in [0.05, 0.1) is 18.4 Å². The van der Waals surface area contributed by atoms with Crippen LogP contribution in [0.15, 0.2) is 29.6 Å². The van der Waals surface area contributed by atoms with E-state index in [1.807, 2.05) is 0 Å². The van der Waals surface area contributed by atoms with Crippen molar-refractivity contribution in [1.82, 2.24) is 30.4 Å². The number of H-pyrrole nitrogens is 1. The predicted octanol–water partition coefficient (Wildman–Crippen LogP) is -0.0698. The minimum absolute atomic E-state index is 0.0880. The molecule has 0 aromatic carbocycles. The number of rotatable bonds is 7. The first-order chi connectivity index (χ1) is 10.1. The van der Waals surface area contributed by atoms with Crippen molar-refractivity contribution >= 4 is 10.0 Å². The summed E-state index contributed by atoms with van der Waals surface area (Å²) in [6.45, 7) is 0.577. The van der Waals surface area contributed by atoms with Crippen molar-refractivity contribution in [3.8, 4) is 0 Å². The van der Waals surface area contributed by atoms with E-state index in [0.717, 1.165) is 12.8 Å². The summed E-state index contributed by atoms with van der Waals surface area (Å²) in [5.41, 5.74) is 1.19. The molecule has 0 bridgehead atoms. The quantitative estimate of drug-likeness (QED) is 0.660. The van der Waals surface area contributed by atoms with Gasteiger partial charge in [0.2, 0.25) is 0 Å².